The van der Waals surface area contributed by atoms with Crippen LogP contribution in [0.1, 0.15) is 18.5 Å². The van der Waals surface area contributed by atoms with Crippen LogP contribution in [0.2, 0.25) is 0 Å². The summed E-state index contributed by atoms with van der Waals surface area (Å²) in [5.74, 6) is -0.241. The van der Waals surface area contributed by atoms with Gasteiger partial charge in [-0.3, -0.25) is 0 Å². The van der Waals surface area contributed by atoms with Crippen LogP contribution in [0, 0.1) is 5.82 Å². The highest BCUT2D eigenvalue weighted by Crippen LogP contribution is 2.21. The van der Waals surface area contributed by atoms with Crippen molar-refractivity contribution in [3.8, 4) is 0 Å². The Hall–Kier alpha value is -1.35. The summed E-state index contributed by atoms with van der Waals surface area (Å²) in [7, 11) is 0. The SMILES string of the molecule is CC(N)c1cc(F)c2[nH]ccc2c1. The molecular weight excluding hydrogens is 167 g/mol. The van der Waals surface area contributed by atoms with Crippen LogP contribution in [0.3, 0.4) is 0 Å². The second-order valence-corrected chi connectivity index (χ2v) is 3.23. The molecule has 1 atom stereocenters. The zero-order valence-corrected chi connectivity index (χ0v) is 7.34. The minimum atomic E-state index is -0.241. The Bertz CT molecular complexity index is 431. The van der Waals surface area contributed by atoms with Crippen LogP contribution in [0.5, 0.6) is 0 Å². The molecule has 0 amide bonds. The van der Waals surface area contributed by atoms with Gasteiger partial charge in [0.05, 0.1) is 5.52 Å². The van der Waals surface area contributed by atoms with Gasteiger partial charge in [-0.25, -0.2) is 4.39 Å². The number of hydrogen-bond acceptors (Lipinski definition) is 1. The molecule has 0 spiro atoms. The Morgan fingerprint density at radius 2 is 2.23 bits per heavy atom. The van der Waals surface area contributed by atoms with Crippen LogP contribution in [-0.4, -0.2) is 4.98 Å². The molecule has 1 heterocycles. The zero-order valence-electron chi connectivity index (χ0n) is 7.34. The Labute approximate surface area is 75.6 Å². The lowest BCUT2D eigenvalue weighted by molar-refractivity contribution is 0.632. The van der Waals surface area contributed by atoms with Gasteiger partial charge in [-0.15, -0.1) is 0 Å². The third-order valence-electron chi connectivity index (χ3n) is 2.16. The van der Waals surface area contributed by atoms with Crippen LogP contribution < -0.4 is 5.73 Å². The van der Waals surface area contributed by atoms with Gasteiger partial charge in [0.25, 0.3) is 0 Å². The van der Waals surface area contributed by atoms with Crippen molar-refractivity contribution in [1.29, 1.82) is 0 Å². The number of rotatable bonds is 1. The Morgan fingerprint density at radius 3 is 2.92 bits per heavy atom. The molecule has 0 aliphatic carbocycles. The third kappa shape index (κ3) is 1.31. The van der Waals surface area contributed by atoms with Gasteiger partial charge >= 0.3 is 0 Å². The number of nitrogens with one attached hydrogen (secondary N) is 1. The van der Waals surface area contributed by atoms with Crippen molar-refractivity contribution < 1.29 is 4.39 Å². The molecule has 2 nitrogen and oxygen atoms in total. The highest BCUT2D eigenvalue weighted by Gasteiger charge is 2.06. The van der Waals surface area contributed by atoms with E-state index in [0.717, 1.165) is 10.9 Å². The normalized spacial score (nSPS) is 13.5. The fourth-order valence-corrected chi connectivity index (χ4v) is 1.41. The number of aromatic amines is 1. The maximum absolute atomic E-state index is 13.4. The third-order valence-corrected chi connectivity index (χ3v) is 2.16. The molecule has 0 fully saturated rings. The molecule has 0 aliphatic heterocycles. The number of aromatic nitrogens is 1. The highest BCUT2D eigenvalue weighted by molar-refractivity contribution is 5.80. The average Bonchev–Trinajstić information content (AvgIpc) is 2.51. The van der Waals surface area contributed by atoms with Crippen molar-refractivity contribution in [2.24, 2.45) is 5.73 Å². The minimum Gasteiger partial charge on any atom is -0.359 e. The molecule has 0 aliphatic rings. The summed E-state index contributed by atoms with van der Waals surface area (Å²) in [5, 5.41) is 0.868. The lowest BCUT2D eigenvalue weighted by Gasteiger charge is -2.05. The molecular formula is C10H11FN2. The summed E-state index contributed by atoms with van der Waals surface area (Å²) in [6.07, 6.45) is 1.72. The Kier molecular flexibility index (Phi) is 1.81. The summed E-state index contributed by atoms with van der Waals surface area (Å²) in [4.78, 5) is 2.84. The molecule has 2 aromatic rings. The van der Waals surface area contributed by atoms with Gasteiger partial charge in [0, 0.05) is 17.6 Å². The predicted octanol–water partition coefficient (Wildman–Crippen LogP) is 2.33. The number of hydrogen-bond donors (Lipinski definition) is 2. The average molecular weight is 178 g/mol. The maximum atomic E-state index is 13.4. The first-order valence-electron chi connectivity index (χ1n) is 4.20. The van der Waals surface area contributed by atoms with Gasteiger partial charge in [0.15, 0.2) is 0 Å². The van der Waals surface area contributed by atoms with Gasteiger partial charge in [-0.2, -0.15) is 0 Å². The first kappa shape index (κ1) is 8.26. The summed E-state index contributed by atoms with van der Waals surface area (Å²) in [6, 6.07) is 5.08. The minimum absolute atomic E-state index is 0.131. The molecule has 3 N–H and O–H groups in total. The first-order valence-corrected chi connectivity index (χ1v) is 4.20. The van der Waals surface area contributed by atoms with E-state index >= 15 is 0 Å². The van der Waals surface area contributed by atoms with Crippen LogP contribution in [0.15, 0.2) is 24.4 Å². The van der Waals surface area contributed by atoms with Crippen LogP contribution in [0.25, 0.3) is 10.9 Å². The van der Waals surface area contributed by atoms with Crippen molar-refractivity contribution in [3.05, 3.63) is 35.8 Å². The molecule has 68 valence electrons. The predicted molar refractivity (Wildman–Crippen MR) is 50.9 cm³/mol. The van der Waals surface area contributed by atoms with E-state index in [2.05, 4.69) is 4.98 Å². The summed E-state index contributed by atoms with van der Waals surface area (Å²) in [5.41, 5.74) is 7.03. The number of halogens is 1. The molecule has 2 rings (SSSR count). The Morgan fingerprint density at radius 1 is 1.46 bits per heavy atom. The molecule has 0 saturated heterocycles. The number of H-pyrrole nitrogens is 1. The van der Waals surface area contributed by atoms with Crippen LogP contribution in [-0.2, 0) is 0 Å². The molecule has 1 aromatic carbocycles. The first-order chi connectivity index (χ1) is 6.18. The lowest BCUT2D eigenvalue weighted by Crippen LogP contribution is -2.05. The monoisotopic (exact) mass is 178 g/mol. The van der Waals surface area contributed by atoms with Gasteiger partial charge in [-0.1, -0.05) is 0 Å². The number of benzene rings is 1. The van der Waals surface area contributed by atoms with E-state index < -0.39 is 0 Å². The van der Waals surface area contributed by atoms with Crippen LogP contribution >= 0.6 is 0 Å². The quantitative estimate of drug-likeness (QED) is 0.691. The summed E-state index contributed by atoms with van der Waals surface area (Å²) >= 11 is 0. The van der Waals surface area contributed by atoms with E-state index in [1.165, 1.54) is 6.07 Å². The topological polar surface area (TPSA) is 41.8 Å². The fourth-order valence-electron chi connectivity index (χ4n) is 1.41. The second-order valence-electron chi connectivity index (χ2n) is 3.23. The largest absolute Gasteiger partial charge is 0.359 e. The molecule has 0 saturated carbocycles. The van der Waals surface area contributed by atoms with E-state index in [1.807, 2.05) is 19.1 Å². The van der Waals surface area contributed by atoms with Gasteiger partial charge < -0.3 is 10.7 Å². The van der Waals surface area contributed by atoms with Crippen molar-refractivity contribution >= 4 is 10.9 Å². The summed E-state index contributed by atoms with van der Waals surface area (Å²) < 4.78 is 13.4. The summed E-state index contributed by atoms with van der Waals surface area (Å²) in [6.45, 7) is 1.84. The van der Waals surface area contributed by atoms with E-state index in [0.29, 0.717) is 5.52 Å². The van der Waals surface area contributed by atoms with Crippen molar-refractivity contribution in [2.45, 2.75) is 13.0 Å². The smallest absolute Gasteiger partial charge is 0.147 e. The molecule has 13 heavy (non-hydrogen) atoms. The molecule has 3 heteroatoms. The Balaban J connectivity index is 2.70. The second kappa shape index (κ2) is 2.85. The number of fused-ring (bicyclic) bond motifs is 1. The van der Waals surface area contributed by atoms with Crippen molar-refractivity contribution in [3.63, 3.8) is 0 Å². The van der Waals surface area contributed by atoms with Gasteiger partial charge in [0.1, 0.15) is 5.82 Å². The highest BCUT2D eigenvalue weighted by atomic mass is 19.1. The lowest BCUT2D eigenvalue weighted by atomic mass is 10.1. The fraction of sp³-hybridized carbons (Fsp3) is 0.200. The van der Waals surface area contributed by atoms with Crippen molar-refractivity contribution in [2.75, 3.05) is 0 Å². The molecule has 1 unspecified atom stereocenters. The number of nitrogens with two attached hydrogens (primary N) is 1. The van der Waals surface area contributed by atoms with Gasteiger partial charge in [-0.05, 0) is 30.7 Å². The molecule has 1 aromatic heterocycles. The molecule has 0 bridgehead atoms. The van der Waals surface area contributed by atoms with Gasteiger partial charge in [0.2, 0.25) is 0 Å². The van der Waals surface area contributed by atoms with E-state index in [-0.39, 0.29) is 11.9 Å². The van der Waals surface area contributed by atoms with Crippen molar-refractivity contribution in [1.82, 2.24) is 4.98 Å². The standard InChI is InChI=1S/C10H11FN2/c1-6(12)8-4-7-2-3-13-10(7)9(11)5-8/h2-6,13H,12H2,1H3. The van der Waals surface area contributed by atoms with E-state index in [4.69, 9.17) is 5.73 Å². The van der Waals surface area contributed by atoms with E-state index in [1.54, 1.807) is 6.20 Å². The van der Waals surface area contributed by atoms with E-state index in [9.17, 15) is 4.39 Å². The zero-order chi connectivity index (χ0) is 9.42. The molecule has 0 radical (unpaired) electrons. The van der Waals surface area contributed by atoms with Crippen LogP contribution in [0.4, 0.5) is 4.39 Å². The maximum Gasteiger partial charge on any atom is 0.147 e.